The number of carbonyl (C=O) groups excluding carboxylic acids is 2. The molecular formula is C28H29ClFN3O2S. The summed E-state index contributed by atoms with van der Waals surface area (Å²) in [6.45, 7) is 1.67. The third-order valence-corrected chi connectivity index (χ3v) is 7.78. The molecule has 36 heavy (non-hydrogen) atoms. The van der Waals surface area contributed by atoms with Gasteiger partial charge in [0.15, 0.2) is 0 Å². The molecule has 3 aromatic rings. The fourth-order valence-electron chi connectivity index (χ4n) is 4.21. The topological polar surface area (TPSA) is 43.9 Å². The van der Waals surface area contributed by atoms with E-state index in [2.05, 4.69) is 0 Å². The largest absolute Gasteiger partial charge is 0.335 e. The number of carbonyl (C=O) groups is 2. The van der Waals surface area contributed by atoms with Gasteiger partial charge in [0.05, 0.1) is 10.6 Å². The van der Waals surface area contributed by atoms with E-state index in [9.17, 15) is 14.0 Å². The van der Waals surface area contributed by atoms with E-state index in [1.807, 2.05) is 54.2 Å². The molecule has 8 heteroatoms. The Hall–Kier alpha value is -2.87. The van der Waals surface area contributed by atoms with Crippen LogP contribution in [-0.2, 0) is 11.3 Å². The Morgan fingerprint density at radius 1 is 0.972 bits per heavy atom. The fourth-order valence-corrected chi connectivity index (χ4v) is 5.84. The van der Waals surface area contributed by atoms with Crippen LogP contribution in [0.2, 0.25) is 5.02 Å². The lowest BCUT2D eigenvalue weighted by Gasteiger charge is -2.33. The molecule has 0 radical (unpaired) electrons. The summed E-state index contributed by atoms with van der Waals surface area (Å²) in [5.41, 5.74) is 2.13. The highest BCUT2D eigenvalue weighted by atomic mass is 35.5. The summed E-state index contributed by atoms with van der Waals surface area (Å²) in [5, 5.41) is -0.104. The molecule has 2 amide bonds. The third kappa shape index (κ3) is 6.09. The maximum atomic E-state index is 14.0. The monoisotopic (exact) mass is 525 g/mol. The highest BCUT2D eigenvalue weighted by Crippen LogP contribution is 2.43. The first-order chi connectivity index (χ1) is 17.3. The SMILES string of the molecule is CN(C)CCN(Cc1ccccc1)C(=O)C1CSC(c2ccc(F)cc2)N1C(=O)c1ccccc1Cl. The van der Waals surface area contributed by atoms with E-state index in [0.29, 0.717) is 36.0 Å². The van der Waals surface area contributed by atoms with Crippen molar-refractivity contribution >= 4 is 35.2 Å². The smallest absolute Gasteiger partial charge is 0.257 e. The van der Waals surface area contributed by atoms with Gasteiger partial charge in [0.25, 0.3) is 5.91 Å². The van der Waals surface area contributed by atoms with Gasteiger partial charge in [-0.25, -0.2) is 4.39 Å². The van der Waals surface area contributed by atoms with Crippen molar-refractivity contribution in [1.29, 1.82) is 0 Å². The minimum Gasteiger partial charge on any atom is -0.335 e. The molecule has 4 rings (SSSR count). The van der Waals surface area contributed by atoms with Crippen LogP contribution in [0, 0.1) is 5.82 Å². The second kappa shape index (κ2) is 11.9. The molecule has 0 aromatic heterocycles. The summed E-state index contributed by atoms with van der Waals surface area (Å²) in [7, 11) is 3.93. The summed E-state index contributed by atoms with van der Waals surface area (Å²) >= 11 is 7.89. The fraction of sp³-hybridized carbons (Fsp3) is 0.286. The molecule has 1 heterocycles. The van der Waals surface area contributed by atoms with Gasteiger partial charge in [-0.15, -0.1) is 11.8 Å². The van der Waals surface area contributed by atoms with E-state index in [1.165, 1.54) is 23.9 Å². The van der Waals surface area contributed by atoms with Crippen molar-refractivity contribution in [2.75, 3.05) is 32.9 Å². The Morgan fingerprint density at radius 2 is 1.64 bits per heavy atom. The van der Waals surface area contributed by atoms with E-state index in [0.717, 1.165) is 11.1 Å². The van der Waals surface area contributed by atoms with Crippen molar-refractivity contribution in [1.82, 2.24) is 14.7 Å². The van der Waals surface area contributed by atoms with Crippen LogP contribution in [0.1, 0.15) is 26.9 Å². The zero-order valence-corrected chi connectivity index (χ0v) is 21.9. The molecule has 0 saturated carbocycles. The molecule has 0 spiro atoms. The number of nitrogens with zero attached hydrogens (tertiary/aromatic N) is 3. The lowest BCUT2D eigenvalue weighted by molar-refractivity contribution is -0.136. The van der Waals surface area contributed by atoms with Crippen LogP contribution in [0.25, 0.3) is 0 Å². The van der Waals surface area contributed by atoms with Crippen LogP contribution >= 0.6 is 23.4 Å². The van der Waals surface area contributed by atoms with Gasteiger partial charge in [-0.05, 0) is 49.5 Å². The molecule has 0 N–H and O–H groups in total. The molecule has 0 aliphatic carbocycles. The quantitative estimate of drug-likeness (QED) is 0.399. The first-order valence-corrected chi connectivity index (χ1v) is 13.2. The highest BCUT2D eigenvalue weighted by molar-refractivity contribution is 7.99. The van der Waals surface area contributed by atoms with Gasteiger partial charge in [0.1, 0.15) is 17.2 Å². The van der Waals surface area contributed by atoms with E-state index in [4.69, 9.17) is 11.6 Å². The minimum absolute atomic E-state index is 0.113. The van der Waals surface area contributed by atoms with Crippen LogP contribution in [-0.4, -0.2) is 65.5 Å². The molecule has 188 valence electrons. The number of amides is 2. The van der Waals surface area contributed by atoms with Gasteiger partial charge in [-0.2, -0.15) is 0 Å². The summed E-state index contributed by atoms with van der Waals surface area (Å²) < 4.78 is 13.6. The Kier molecular flexibility index (Phi) is 8.67. The van der Waals surface area contributed by atoms with Crippen molar-refractivity contribution < 1.29 is 14.0 Å². The summed E-state index contributed by atoms with van der Waals surface area (Å²) in [6.07, 6.45) is 0. The van der Waals surface area contributed by atoms with Crippen LogP contribution < -0.4 is 0 Å². The Labute approximate surface area is 220 Å². The second-order valence-electron chi connectivity index (χ2n) is 8.99. The maximum Gasteiger partial charge on any atom is 0.257 e. The number of thioether (sulfide) groups is 1. The molecule has 3 aromatic carbocycles. The molecular weight excluding hydrogens is 497 g/mol. The van der Waals surface area contributed by atoms with Crippen LogP contribution in [0.3, 0.4) is 0 Å². The molecule has 0 bridgehead atoms. The summed E-state index contributed by atoms with van der Waals surface area (Å²) in [5.74, 6) is -0.343. The summed E-state index contributed by atoms with van der Waals surface area (Å²) in [4.78, 5) is 33.4. The van der Waals surface area contributed by atoms with Crippen molar-refractivity contribution in [2.24, 2.45) is 0 Å². The molecule has 1 aliphatic heterocycles. The van der Waals surface area contributed by atoms with Gasteiger partial charge in [-0.3, -0.25) is 9.59 Å². The third-order valence-electron chi connectivity index (χ3n) is 6.12. The molecule has 1 fully saturated rings. The van der Waals surface area contributed by atoms with Crippen molar-refractivity contribution in [3.05, 3.63) is 106 Å². The van der Waals surface area contributed by atoms with E-state index >= 15 is 0 Å². The Bertz CT molecular complexity index is 1190. The van der Waals surface area contributed by atoms with Crippen LogP contribution in [0.15, 0.2) is 78.9 Å². The zero-order chi connectivity index (χ0) is 25.7. The molecule has 2 atom stereocenters. The van der Waals surface area contributed by atoms with Gasteiger partial charge in [-0.1, -0.05) is 66.2 Å². The van der Waals surface area contributed by atoms with Crippen LogP contribution in [0.4, 0.5) is 4.39 Å². The molecule has 1 saturated heterocycles. The lowest BCUT2D eigenvalue weighted by atomic mass is 10.1. The van der Waals surface area contributed by atoms with Crippen molar-refractivity contribution in [3.8, 4) is 0 Å². The Morgan fingerprint density at radius 3 is 2.31 bits per heavy atom. The lowest BCUT2D eigenvalue weighted by Crippen LogP contribution is -2.50. The molecule has 1 aliphatic rings. The first-order valence-electron chi connectivity index (χ1n) is 11.8. The number of rotatable bonds is 8. The predicted octanol–water partition coefficient (Wildman–Crippen LogP) is 5.33. The van der Waals surface area contributed by atoms with Gasteiger partial charge < -0.3 is 14.7 Å². The normalized spacial score (nSPS) is 17.4. The zero-order valence-electron chi connectivity index (χ0n) is 20.3. The second-order valence-corrected chi connectivity index (χ2v) is 10.5. The number of hydrogen-bond acceptors (Lipinski definition) is 4. The van der Waals surface area contributed by atoms with Crippen molar-refractivity contribution in [2.45, 2.75) is 18.0 Å². The Balaban J connectivity index is 1.69. The molecule has 5 nitrogen and oxygen atoms in total. The number of hydrogen-bond donors (Lipinski definition) is 0. The maximum absolute atomic E-state index is 14.0. The van der Waals surface area contributed by atoms with E-state index in [1.54, 1.807) is 41.3 Å². The number of halogens is 2. The van der Waals surface area contributed by atoms with Crippen LogP contribution in [0.5, 0.6) is 0 Å². The van der Waals surface area contributed by atoms with E-state index in [-0.39, 0.29) is 17.6 Å². The predicted molar refractivity (Wildman–Crippen MR) is 143 cm³/mol. The van der Waals surface area contributed by atoms with Gasteiger partial charge in [0.2, 0.25) is 5.91 Å². The van der Waals surface area contributed by atoms with Crippen molar-refractivity contribution in [3.63, 3.8) is 0 Å². The number of benzene rings is 3. The van der Waals surface area contributed by atoms with Gasteiger partial charge >= 0.3 is 0 Å². The molecule has 2 unspecified atom stereocenters. The number of likely N-dealkylation sites (N-methyl/N-ethyl adjacent to an activating group) is 1. The average molecular weight is 526 g/mol. The highest BCUT2D eigenvalue weighted by Gasteiger charge is 2.44. The van der Waals surface area contributed by atoms with E-state index < -0.39 is 11.4 Å². The minimum atomic E-state index is -0.681. The first kappa shape index (κ1) is 26.2. The van der Waals surface area contributed by atoms with Gasteiger partial charge in [0, 0.05) is 25.4 Å². The summed E-state index contributed by atoms with van der Waals surface area (Å²) in [6, 6.07) is 22.1. The standard InChI is InChI=1S/C28H29ClFN3O2S/c1-31(2)16-17-32(18-20-8-4-3-5-9-20)27(35)25-19-36-28(21-12-14-22(30)15-13-21)33(25)26(34)23-10-6-7-11-24(23)29/h3-15,25,28H,16-19H2,1-2H3. The average Bonchev–Trinajstić information content (AvgIpc) is 3.32.